The van der Waals surface area contributed by atoms with Gasteiger partial charge in [0.2, 0.25) is 10.0 Å². The van der Waals surface area contributed by atoms with Crippen LogP contribution in [0.2, 0.25) is 0 Å². The van der Waals surface area contributed by atoms with Gasteiger partial charge in [-0.1, -0.05) is 96.8 Å². The largest absolute Gasteiger partial charge is 0.392 e. The van der Waals surface area contributed by atoms with Gasteiger partial charge in [0.25, 0.3) is 0 Å². The Bertz CT molecular complexity index is 1500. The molecular weight excluding hydrogens is 567 g/mol. The lowest BCUT2D eigenvalue weighted by atomic mass is 9.91. The van der Waals surface area contributed by atoms with Crippen LogP contribution in [0.5, 0.6) is 0 Å². The summed E-state index contributed by atoms with van der Waals surface area (Å²) in [4.78, 5) is 0.232. The number of hydrogen-bond donors (Lipinski definition) is 2. The van der Waals surface area contributed by atoms with Gasteiger partial charge in [0.1, 0.15) is 5.01 Å². The van der Waals surface area contributed by atoms with Crippen molar-refractivity contribution in [1.29, 1.82) is 0 Å². The van der Waals surface area contributed by atoms with Gasteiger partial charge >= 0.3 is 0 Å². The zero-order valence-corrected chi connectivity index (χ0v) is 24.6. The number of nitrogens with zero attached hydrogens (tertiary/aromatic N) is 2. The Morgan fingerprint density at radius 3 is 2.25 bits per heavy atom. The third kappa shape index (κ3) is 6.98. The summed E-state index contributed by atoms with van der Waals surface area (Å²) in [5.41, 5.74) is 3.53. The van der Waals surface area contributed by atoms with E-state index < -0.39 is 16.3 Å². The first-order valence-corrected chi connectivity index (χ1v) is 16.2. The average Bonchev–Trinajstić information content (AvgIpc) is 3.41. The van der Waals surface area contributed by atoms with Gasteiger partial charge in [-0.05, 0) is 35.7 Å². The molecule has 1 fully saturated rings. The molecule has 40 heavy (non-hydrogen) atoms. The average molecular weight is 598 g/mol. The van der Waals surface area contributed by atoms with Gasteiger partial charge in [0.15, 0.2) is 10.6 Å². The molecule has 1 aliphatic rings. The number of sulfonamides is 1. The van der Waals surface area contributed by atoms with Gasteiger partial charge in [-0.25, -0.2) is 13.1 Å². The molecular formula is C29H31N3O5S3. The highest BCUT2D eigenvalue weighted by molar-refractivity contribution is 8.01. The molecule has 2 heterocycles. The molecule has 0 aliphatic carbocycles. The summed E-state index contributed by atoms with van der Waals surface area (Å²) in [5.74, 6) is 0.754. The Morgan fingerprint density at radius 1 is 0.925 bits per heavy atom. The SMILES string of the molecule is Cc1nnc(SCC2OC(c3ccc(CNS(=O)(=O)c4ccccc4)cc3)OC(c3ccc(CO)cc3)C2C)s1. The first-order valence-electron chi connectivity index (χ1n) is 12.9. The highest BCUT2D eigenvalue weighted by atomic mass is 32.2. The monoisotopic (exact) mass is 597 g/mol. The predicted molar refractivity (Wildman–Crippen MR) is 155 cm³/mol. The fraction of sp³-hybridized carbons (Fsp3) is 0.310. The second kappa shape index (κ2) is 12.9. The standard InChI is InChI=1S/C29H31N3O5S3/c1-19-26(18-38-29-32-31-20(2)39-29)36-28(37-27(19)23-12-10-22(17-33)11-13-23)24-14-8-21(9-15-24)16-30-40(34,35)25-6-4-3-5-7-25/h3-15,19,26-28,30,33H,16-18H2,1-2H3. The summed E-state index contributed by atoms with van der Waals surface area (Å²) < 4.78 is 41.7. The van der Waals surface area contributed by atoms with Crippen molar-refractivity contribution in [2.75, 3.05) is 5.75 Å². The van der Waals surface area contributed by atoms with Crippen LogP contribution in [0.3, 0.4) is 0 Å². The zero-order chi connectivity index (χ0) is 28.1. The molecule has 2 N–H and O–H groups in total. The lowest BCUT2D eigenvalue weighted by Gasteiger charge is -2.41. The highest BCUT2D eigenvalue weighted by Gasteiger charge is 2.38. The summed E-state index contributed by atoms with van der Waals surface area (Å²) in [7, 11) is -3.60. The minimum atomic E-state index is -3.60. The Kier molecular flexibility index (Phi) is 9.31. The third-order valence-electron chi connectivity index (χ3n) is 6.77. The van der Waals surface area contributed by atoms with Crippen LogP contribution in [0.1, 0.15) is 46.6 Å². The van der Waals surface area contributed by atoms with E-state index in [-0.39, 0.29) is 36.2 Å². The summed E-state index contributed by atoms with van der Waals surface area (Å²) in [5, 5.41) is 18.7. The number of aromatic nitrogens is 2. The van der Waals surface area contributed by atoms with E-state index in [1.807, 2.05) is 55.5 Å². The Hall–Kier alpha value is -2.64. The summed E-state index contributed by atoms with van der Waals surface area (Å²) in [6, 6.07) is 23.7. The first kappa shape index (κ1) is 28.9. The molecule has 8 nitrogen and oxygen atoms in total. The maximum atomic E-state index is 12.6. The number of rotatable bonds is 10. The fourth-order valence-corrected chi connectivity index (χ4v) is 7.50. The van der Waals surface area contributed by atoms with E-state index in [9.17, 15) is 13.5 Å². The number of hydrogen-bond acceptors (Lipinski definition) is 9. The molecule has 0 saturated carbocycles. The molecule has 4 unspecified atom stereocenters. The zero-order valence-electron chi connectivity index (χ0n) is 22.1. The molecule has 0 bridgehead atoms. The van der Waals surface area contributed by atoms with Crippen molar-refractivity contribution >= 4 is 33.1 Å². The fourth-order valence-electron chi connectivity index (χ4n) is 4.45. The molecule has 0 radical (unpaired) electrons. The molecule has 0 spiro atoms. The second-order valence-corrected chi connectivity index (χ2v) is 13.8. The van der Waals surface area contributed by atoms with E-state index in [0.717, 1.165) is 31.6 Å². The van der Waals surface area contributed by atoms with Gasteiger partial charge in [-0.3, -0.25) is 0 Å². The lowest BCUT2D eigenvalue weighted by Crippen LogP contribution is -2.38. The molecule has 1 aliphatic heterocycles. The minimum absolute atomic E-state index is 0.0124. The summed E-state index contributed by atoms with van der Waals surface area (Å²) >= 11 is 3.19. The van der Waals surface area contributed by atoms with Gasteiger partial charge in [-0.15, -0.1) is 10.2 Å². The number of ether oxygens (including phenoxy) is 2. The lowest BCUT2D eigenvalue weighted by molar-refractivity contribution is -0.268. The van der Waals surface area contributed by atoms with E-state index in [2.05, 4.69) is 21.8 Å². The number of aryl methyl sites for hydroxylation is 1. The molecule has 210 valence electrons. The molecule has 5 rings (SSSR count). The van der Waals surface area contributed by atoms with Crippen molar-refractivity contribution in [1.82, 2.24) is 14.9 Å². The molecule has 4 aromatic rings. The molecule has 3 aromatic carbocycles. The van der Waals surface area contributed by atoms with E-state index in [1.54, 1.807) is 53.4 Å². The third-order valence-corrected chi connectivity index (χ3v) is 10.3. The van der Waals surface area contributed by atoms with Crippen molar-refractivity contribution < 1.29 is 23.0 Å². The van der Waals surface area contributed by atoms with Gasteiger partial charge < -0.3 is 14.6 Å². The smallest absolute Gasteiger partial charge is 0.240 e. The molecule has 1 saturated heterocycles. The minimum Gasteiger partial charge on any atom is -0.392 e. The van der Waals surface area contributed by atoms with Gasteiger partial charge in [0, 0.05) is 23.8 Å². The molecule has 4 atom stereocenters. The van der Waals surface area contributed by atoms with Crippen LogP contribution in [0, 0.1) is 12.8 Å². The predicted octanol–water partition coefficient (Wildman–Crippen LogP) is 5.40. The summed E-state index contributed by atoms with van der Waals surface area (Å²) in [6.45, 7) is 4.22. The van der Waals surface area contributed by atoms with E-state index in [1.165, 1.54) is 0 Å². The van der Waals surface area contributed by atoms with Crippen molar-refractivity contribution in [3.8, 4) is 0 Å². The number of benzene rings is 3. The van der Waals surface area contributed by atoms with E-state index in [4.69, 9.17) is 9.47 Å². The van der Waals surface area contributed by atoms with Gasteiger partial charge in [-0.2, -0.15) is 0 Å². The van der Waals surface area contributed by atoms with E-state index in [0.29, 0.717) is 5.75 Å². The van der Waals surface area contributed by atoms with Crippen LogP contribution in [0.25, 0.3) is 0 Å². The topological polar surface area (TPSA) is 111 Å². The first-order chi connectivity index (χ1) is 19.3. The second-order valence-electron chi connectivity index (χ2n) is 9.60. The number of aliphatic hydroxyl groups is 1. The highest BCUT2D eigenvalue weighted by Crippen LogP contribution is 2.43. The van der Waals surface area contributed by atoms with Crippen molar-refractivity contribution in [3.05, 3.63) is 106 Å². The van der Waals surface area contributed by atoms with Crippen LogP contribution in [-0.4, -0.2) is 35.6 Å². The number of thioether (sulfide) groups is 1. The summed E-state index contributed by atoms with van der Waals surface area (Å²) in [6.07, 6.45) is -0.936. The molecule has 11 heteroatoms. The van der Waals surface area contributed by atoms with Crippen LogP contribution < -0.4 is 4.72 Å². The van der Waals surface area contributed by atoms with Crippen molar-refractivity contribution in [2.45, 2.75) is 54.7 Å². The maximum Gasteiger partial charge on any atom is 0.240 e. The molecule has 1 aromatic heterocycles. The number of nitrogens with one attached hydrogen (secondary N) is 1. The van der Waals surface area contributed by atoms with Crippen molar-refractivity contribution in [2.24, 2.45) is 5.92 Å². The Labute approximate surface area is 242 Å². The quantitative estimate of drug-likeness (QED) is 0.234. The van der Waals surface area contributed by atoms with Crippen LogP contribution >= 0.6 is 23.1 Å². The Balaban J connectivity index is 1.31. The molecule has 0 amide bonds. The maximum absolute atomic E-state index is 12.6. The number of aliphatic hydroxyl groups excluding tert-OH is 1. The van der Waals surface area contributed by atoms with Crippen LogP contribution in [-0.2, 0) is 32.6 Å². The van der Waals surface area contributed by atoms with Gasteiger partial charge in [0.05, 0.1) is 23.7 Å². The van der Waals surface area contributed by atoms with Crippen LogP contribution in [0.15, 0.2) is 88.1 Å². The van der Waals surface area contributed by atoms with Crippen LogP contribution in [0.4, 0.5) is 0 Å². The Morgan fingerprint density at radius 2 is 1.60 bits per heavy atom. The normalized spacial score (nSPS) is 21.4. The van der Waals surface area contributed by atoms with E-state index >= 15 is 0 Å². The van der Waals surface area contributed by atoms with Crippen molar-refractivity contribution in [3.63, 3.8) is 0 Å².